The van der Waals surface area contributed by atoms with Gasteiger partial charge in [0.25, 0.3) is 5.91 Å². The van der Waals surface area contributed by atoms with Crippen molar-refractivity contribution in [3.8, 4) is 0 Å². The molecule has 0 radical (unpaired) electrons. The summed E-state index contributed by atoms with van der Waals surface area (Å²) in [5.74, 6) is 0.0807. The smallest absolute Gasteiger partial charge is 0.263 e. The van der Waals surface area contributed by atoms with Gasteiger partial charge in [-0.05, 0) is 38.8 Å². The van der Waals surface area contributed by atoms with Crippen molar-refractivity contribution >= 4 is 17.2 Å². The second kappa shape index (κ2) is 6.01. The van der Waals surface area contributed by atoms with E-state index in [2.05, 4.69) is 0 Å². The average Bonchev–Trinajstić information content (AvgIpc) is 2.60. The first-order valence-corrected chi connectivity index (χ1v) is 6.39. The van der Waals surface area contributed by atoms with Crippen molar-refractivity contribution in [1.82, 2.24) is 4.90 Å². The van der Waals surface area contributed by atoms with Gasteiger partial charge in [-0.2, -0.15) is 0 Å². The lowest BCUT2D eigenvalue weighted by Crippen LogP contribution is -2.31. The topological polar surface area (TPSA) is 40.5 Å². The van der Waals surface area contributed by atoms with Crippen LogP contribution in [0.25, 0.3) is 0 Å². The lowest BCUT2D eigenvalue weighted by molar-refractivity contribution is 0.0759. The molecule has 16 heavy (non-hydrogen) atoms. The number of aliphatic hydroxyl groups is 1. The summed E-state index contributed by atoms with van der Waals surface area (Å²) in [6.45, 7) is 7.46. The van der Waals surface area contributed by atoms with E-state index < -0.39 is 0 Å². The minimum Gasteiger partial charge on any atom is -0.396 e. The lowest BCUT2D eigenvalue weighted by atomic mass is 10.2. The molecule has 0 saturated heterocycles. The maximum absolute atomic E-state index is 12.1. The third-order valence-electron chi connectivity index (χ3n) is 2.63. The Bertz CT molecular complexity index is 340. The Hall–Kier alpha value is -0.870. The van der Waals surface area contributed by atoms with Crippen LogP contribution in [-0.2, 0) is 0 Å². The van der Waals surface area contributed by atoms with Crippen molar-refractivity contribution in [2.75, 3.05) is 19.7 Å². The molecule has 1 amide bonds. The SMILES string of the molecule is CCN(CCCO)C(=O)c1cc(C)c(C)s1. The van der Waals surface area contributed by atoms with Crippen molar-refractivity contribution in [3.63, 3.8) is 0 Å². The second-order valence-electron chi connectivity index (χ2n) is 3.81. The third-order valence-corrected chi connectivity index (χ3v) is 3.77. The zero-order valence-corrected chi connectivity index (χ0v) is 10.9. The third kappa shape index (κ3) is 3.06. The number of nitrogens with zero attached hydrogens (tertiary/aromatic N) is 1. The van der Waals surface area contributed by atoms with E-state index >= 15 is 0 Å². The molecule has 0 spiro atoms. The summed E-state index contributed by atoms with van der Waals surface area (Å²) in [4.78, 5) is 15.9. The normalized spacial score (nSPS) is 10.5. The number of hydrogen-bond acceptors (Lipinski definition) is 3. The maximum Gasteiger partial charge on any atom is 0.263 e. The van der Waals surface area contributed by atoms with Crippen LogP contribution in [0.2, 0.25) is 0 Å². The number of amides is 1. The molecule has 90 valence electrons. The second-order valence-corrected chi connectivity index (χ2v) is 5.07. The zero-order valence-electron chi connectivity index (χ0n) is 10.1. The minimum atomic E-state index is 0.0807. The molecule has 0 aliphatic carbocycles. The maximum atomic E-state index is 12.1. The highest BCUT2D eigenvalue weighted by molar-refractivity contribution is 7.14. The Morgan fingerprint density at radius 1 is 1.50 bits per heavy atom. The number of carbonyl (C=O) groups excluding carboxylic acids is 1. The van der Waals surface area contributed by atoms with Crippen molar-refractivity contribution < 1.29 is 9.90 Å². The molecule has 1 aromatic heterocycles. The summed E-state index contributed by atoms with van der Waals surface area (Å²) in [7, 11) is 0. The van der Waals surface area contributed by atoms with Crippen LogP contribution in [0.5, 0.6) is 0 Å². The highest BCUT2D eigenvalue weighted by Crippen LogP contribution is 2.22. The van der Waals surface area contributed by atoms with E-state index in [0.29, 0.717) is 19.5 Å². The minimum absolute atomic E-state index is 0.0807. The molecular formula is C12H19NO2S. The van der Waals surface area contributed by atoms with Gasteiger partial charge in [0.2, 0.25) is 0 Å². The largest absolute Gasteiger partial charge is 0.396 e. The summed E-state index contributed by atoms with van der Waals surface area (Å²) in [6.07, 6.45) is 0.642. The Kier molecular flexibility index (Phi) is 4.96. The summed E-state index contributed by atoms with van der Waals surface area (Å²) in [5.41, 5.74) is 1.17. The van der Waals surface area contributed by atoms with E-state index in [1.807, 2.05) is 26.8 Å². The fraction of sp³-hybridized carbons (Fsp3) is 0.583. The van der Waals surface area contributed by atoms with Crippen LogP contribution in [0.4, 0.5) is 0 Å². The summed E-state index contributed by atoms with van der Waals surface area (Å²) >= 11 is 1.55. The number of aryl methyl sites for hydroxylation is 2. The highest BCUT2D eigenvalue weighted by atomic mass is 32.1. The van der Waals surface area contributed by atoms with E-state index in [1.54, 1.807) is 16.2 Å². The zero-order chi connectivity index (χ0) is 12.1. The predicted molar refractivity (Wildman–Crippen MR) is 67.1 cm³/mol. The molecule has 0 fully saturated rings. The molecule has 0 aromatic carbocycles. The first-order valence-electron chi connectivity index (χ1n) is 5.57. The molecule has 1 heterocycles. The molecule has 0 saturated carbocycles. The van der Waals surface area contributed by atoms with Gasteiger partial charge in [0.15, 0.2) is 0 Å². The summed E-state index contributed by atoms with van der Waals surface area (Å²) in [5, 5.41) is 8.78. The fourth-order valence-electron chi connectivity index (χ4n) is 1.50. The van der Waals surface area contributed by atoms with E-state index in [-0.39, 0.29) is 12.5 Å². The molecule has 0 aliphatic heterocycles. The van der Waals surface area contributed by atoms with Gasteiger partial charge in [-0.25, -0.2) is 0 Å². The standard InChI is InChI=1S/C12H19NO2S/c1-4-13(6-5-7-14)12(15)11-8-9(2)10(3)16-11/h8,14H,4-7H2,1-3H3. The first-order chi connectivity index (χ1) is 7.60. The Morgan fingerprint density at radius 3 is 2.62 bits per heavy atom. The van der Waals surface area contributed by atoms with Crippen molar-refractivity contribution in [3.05, 3.63) is 21.4 Å². The lowest BCUT2D eigenvalue weighted by Gasteiger charge is -2.19. The van der Waals surface area contributed by atoms with Gasteiger partial charge >= 0.3 is 0 Å². The Balaban J connectivity index is 2.74. The number of thiophene rings is 1. The van der Waals surface area contributed by atoms with Crippen LogP contribution in [0.1, 0.15) is 33.5 Å². The average molecular weight is 241 g/mol. The molecule has 0 bridgehead atoms. The molecule has 0 unspecified atom stereocenters. The Morgan fingerprint density at radius 2 is 2.19 bits per heavy atom. The number of rotatable bonds is 5. The summed E-state index contributed by atoms with van der Waals surface area (Å²) < 4.78 is 0. The van der Waals surface area contributed by atoms with Crippen molar-refractivity contribution in [2.24, 2.45) is 0 Å². The van der Waals surface area contributed by atoms with Crippen LogP contribution < -0.4 is 0 Å². The van der Waals surface area contributed by atoms with Gasteiger partial charge in [0.05, 0.1) is 4.88 Å². The van der Waals surface area contributed by atoms with Crippen molar-refractivity contribution in [2.45, 2.75) is 27.2 Å². The number of hydrogen-bond donors (Lipinski definition) is 1. The van der Waals surface area contributed by atoms with E-state index in [9.17, 15) is 4.79 Å². The highest BCUT2D eigenvalue weighted by Gasteiger charge is 2.16. The van der Waals surface area contributed by atoms with Crippen LogP contribution >= 0.6 is 11.3 Å². The van der Waals surface area contributed by atoms with Gasteiger partial charge in [0, 0.05) is 24.6 Å². The van der Waals surface area contributed by atoms with E-state index in [4.69, 9.17) is 5.11 Å². The molecule has 1 aromatic rings. The Labute approximate surface area is 101 Å². The molecule has 1 N–H and O–H groups in total. The van der Waals surface area contributed by atoms with Gasteiger partial charge in [-0.1, -0.05) is 0 Å². The molecular weight excluding hydrogens is 222 g/mol. The quantitative estimate of drug-likeness (QED) is 0.858. The van der Waals surface area contributed by atoms with Gasteiger partial charge in [-0.15, -0.1) is 11.3 Å². The van der Waals surface area contributed by atoms with Crippen LogP contribution in [-0.4, -0.2) is 35.6 Å². The van der Waals surface area contributed by atoms with Gasteiger partial charge in [-0.3, -0.25) is 4.79 Å². The number of carbonyl (C=O) groups is 1. The fourth-order valence-corrected chi connectivity index (χ4v) is 2.50. The predicted octanol–water partition coefficient (Wildman–Crippen LogP) is 2.21. The molecule has 0 atom stereocenters. The van der Waals surface area contributed by atoms with Crippen LogP contribution in [0.3, 0.4) is 0 Å². The number of aliphatic hydroxyl groups excluding tert-OH is 1. The molecule has 4 heteroatoms. The van der Waals surface area contributed by atoms with Crippen molar-refractivity contribution in [1.29, 1.82) is 0 Å². The first kappa shape index (κ1) is 13.2. The van der Waals surface area contributed by atoms with E-state index in [0.717, 1.165) is 4.88 Å². The van der Waals surface area contributed by atoms with Crippen LogP contribution in [0, 0.1) is 13.8 Å². The van der Waals surface area contributed by atoms with E-state index in [1.165, 1.54) is 10.4 Å². The monoisotopic (exact) mass is 241 g/mol. The summed E-state index contributed by atoms with van der Waals surface area (Å²) in [6, 6.07) is 1.95. The van der Waals surface area contributed by atoms with Gasteiger partial charge in [0.1, 0.15) is 0 Å². The molecule has 3 nitrogen and oxygen atoms in total. The molecule has 1 rings (SSSR count). The van der Waals surface area contributed by atoms with Gasteiger partial charge < -0.3 is 10.0 Å². The van der Waals surface area contributed by atoms with Crippen LogP contribution in [0.15, 0.2) is 6.07 Å². The molecule has 0 aliphatic rings.